The first-order valence-electron chi connectivity index (χ1n) is 6.70. The molecular weight excluding hydrogens is 248 g/mol. The minimum Gasteiger partial charge on any atom is -0.465 e. The largest absolute Gasteiger partial charge is 0.465 e. The van der Waals surface area contributed by atoms with E-state index in [2.05, 4.69) is 31.0 Å². The Morgan fingerprint density at radius 3 is 2.78 bits per heavy atom. The third-order valence-electron chi connectivity index (χ3n) is 3.80. The zero-order valence-corrected chi connectivity index (χ0v) is 12.1. The number of hydrogen-bond donors (Lipinski definition) is 1. The minimum atomic E-state index is -0.0598. The van der Waals surface area contributed by atoms with Crippen LogP contribution >= 0.6 is 11.3 Å². The molecule has 2 rings (SSSR count). The van der Waals surface area contributed by atoms with Crippen molar-refractivity contribution in [3.05, 3.63) is 5.01 Å². The van der Waals surface area contributed by atoms with Gasteiger partial charge in [0.05, 0.1) is 6.61 Å². The molecule has 0 amide bonds. The lowest BCUT2D eigenvalue weighted by atomic mass is 9.75. The number of rotatable bonds is 4. The monoisotopic (exact) mass is 270 g/mol. The van der Waals surface area contributed by atoms with Gasteiger partial charge in [-0.2, -0.15) is 0 Å². The van der Waals surface area contributed by atoms with E-state index in [9.17, 15) is 0 Å². The summed E-state index contributed by atoms with van der Waals surface area (Å²) in [4.78, 5) is 0. The van der Waals surface area contributed by atoms with Gasteiger partial charge in [-0.1, -0.05) is 43.6 Å². The molecule has 0 spiro atoms. The van der Waals surface area contributed by atoms with Gasteiger partial charge in [0.1, 0.15) is 11.1 Å². The smallest absolute Gasteiger partial charge is 0.294 e. The van der Waals surface area contributed by atoms with Crippen LogP contribution in [-0.2, 0) is 6.61 Å². The standard InChI is InChI=1S/C13H22N2O2S/c1-8(2)10-5-4-9(3)6-11(10)17-13-15-14-12(7-16)18-13/h8-11,16H,4-7H2,1-3H3. The zero-order chi connectivity index (χ0) is 13.1. The molecule has 1 N–H and O–H groups in total. The van der Waals surface area contributed by atoms with Gasteiger partial charge in [0, 0.05) is 0 Å². The van der Waals surface area contributed by atoms with Gasteiger partial charge >= 0.3 is 0 Å². The van der Waals surface area contributed by atoms with Crippen molar-refractivity contribution >= 4 is 11.3 Å². The summed E-state index contributed by atoms with van der Waals surface area (Å²) in [7, 11) is 0. The van der Waals surface area contributed by atoms with Gasteiger partial charge in [0.15, 0.2) is 0 Å². The fourth-order valence-corrected chi connectivity index (χ4v) is 3.33. The highest BCUT2D eigenvalue weighted by molar-refractivity contribution is 7.13. The highest BCUT2D eigenvalue weighted by atomic mass is 32.1. The summed E-state index contributed by atoms with van der Waals surface area (Å²) >= 11 is 1.35. The number of hydrogen-bond acceptors (Lipinski definition) is 5. The van der Waals surface area contributed by atoms with Crippen LogP contribution in [-0.4, -0.2) is 21.4 Å². The van der Waals surface area contributed by atoms with Crippen LogP contribution < -0.4 is 4.74 Å². The van der Waals surface area contributed by atoms with Gasteiger partial charge in [0.25, 0.3) is 5.19 Å². The fraction of sp³-hybridized carbons (Fsp3) is 0.846. The third kappa shape index (κ3) is 3.20. The SMILES string of the molecule is CC1CCC(C(C)C)C(Oc2nnc(CO)s2)C1. The second-order valence-corrected chi connectivity index (χ2v) is 6.63. The predicted molar refractivity (Wildman–Crippen MR) is 71.6 cm³/mol. The molecular formula is C13H22N2O2S. The van der Waals surface area contributed by atoms with Crippen LogP contribution in [0, 0.1) is 17.8 Å². The maximum absolute atomic E-state index is 8.99. The molecule has 3 atom stereocenters. The normalized spacial score (nSPS) is 28.6. The topological polar surface area (TPSA) is 55.2 Å². The molecule has 1 aliphatic rings. The summed E-state index contributed by atoms with van der Waals surface area (Å²) in [6.07, 6.45) is 3.86. The predicted octanol–water partition coefficient (Wildman–Crippen LogP) is 2.87. The van der Waals surface area contributed by atoms with E-state index in [4.69, 9.17) is 9.84 Å². The third-order valence-corrected chi connectivity index (χ3v) is 4.60. The summed E-state index contributed by atoms with van der Waals surface area (Å²) in [5.74, 6) is 1.95. The summed E-state index contributed by atoms with van der Waals surface area (Å²) < 4.78 is 6.02. The lowest BCUT2D eigenvalue weighted by Crippen LogP contribution is -2.36. The zero-order valence-electron chi connectivity index (χ0n) is 11.3. The molecule has 1 aliphatic carbocycles. The van der Waals surface area contributed by atoms with Crippen LogP contribution in [0.5, 0.6) is 5.19 Å². The van der Waals surface area contributed by atoms with E-state index in [1.54, 1.807) is 0 Å². The van der Waals surface area contributed by atoms with Crippen molar-refractivity contribution in [3.63, 3.8) is 0 Å². The quantitative estimate of drug-likeness (QED) is 0.914. The number of nitrogens with zero attached hydrogens (tertiary/aromatic N) is 2. The molecule has 0 aliphatic heterocycles. The van der Waals surface area contributed by atoms with Crippen molar-refractivity contribution in [2.75, 3.05) is 0 Å². The van der Waals surface area contributed by atoms with Crippen LogP contribution in [0.1, 0.15) is 45.0 Å². The van der Waals surface area contributed by atoms with Gasteiger partial charge in [-0.05, 0) is 30.6 Å². The van der Waals surface area contributed by atoms with Crippen LogP contribution in [0.25, 0.3) is 0 Å². The highest BCUT2D eigenvalue weighted by Gasteiger charge is 2.32. The molecule has 102 valence electrons. The number of aliphatic hydroxyl groups excluding tert-OH is 1. The van der Waals surface area contributed by atoms with Crippen molar-refractivity contribution in [1.82, 2.24) is 10.2 Å². The number of ether oxygens (including phenoxy) is 1. The molecule has 1 fully saturated rings. The maximum atomic E-state index is 8.99. The molecule has 0 saturated heterocycles. The van der Waals surface area contributed by atoms with E-state index in [1.165, 1.54) is 24.2 Å². The van der Waals surface area contributed by atoms with Crippen LogP contribution in [0.3, 0.4) is 0 Å². The van der Waals surface area contributed by atoms with Gasteiger partial charge in [0.2, 0.25) is 0 Å². The van der Waals surface area contributed by atoms with Crippen LogP contribution in [0.2, 0.25) is 0 Å². The van der Waals surface area contributed by atoms with Crippen molar-refractivity contribution in [1.29, 1.82) is 0 Å². The molecule has 1 saturated carbocycles. The minimum absolute atomic E-state index is 0.0598. The fourth-order valence-electron chi connectivity index (χ4n) is 2.73. The number of aliphatic hydroxyl groups is 1. The summed E-state index contributed by atoms with van der Waals surface area (Å²) in [6.45, 7) is 6.74. The van der Waals surface area contributed by atoms with Crippen molar-refractivity contribution < 1.29 is 9.84 Å². The molecule has 5 heteroatoms. The lowest BCUT2D eigenvalue weighted by Gasteiger charge is -2.36. The highest BCUT2D eigenvalue weighted by Crippen LogP contribution is 2.36. The summed E-state index contributed by atoms with van der Waals surface area (Å²) in [5.41, 5.74) is 0. The molecule has 1 heterocycles. The Bertz CT molecular complexity index is 381. The van der Waals surface area contributed by atoms with Gasteiger partial charge in [-0.15, -0.1) is 5.10 Å². The van der Waals surface area contributed by atoms with Crippen molar-refractivity contribution in [2.45, 2.75) is 52.7 Å². The Labute approximate surface area is 112 Å². The number of aromatic nitrogens is 2. The van der Waals surface area contributed by atoms with E-state index >= 15 is 0 Å². The first-order chi connectivity index (χ1) is 8.60. The molecule has 3 unspecified atom stereocenters. The van der Waals surface area contributed by atoms with E-state index in [0.29, 0.717) is 22.0 Å². The first kappa shape index (κ1) is 13.7. The molecule has 1 aromatic rings. The van der Waals surface area contributed by atoms with E-state index in [-0.39, 0.29) is 12.7 Å². The lowest BCUT2D eigenvalue weighted by molar-refractivity contribution is 0.0453. The summed E-state index contributed by atoms with van der Waals surface area (Å²) in [6, 6.07) is 0. The molecule has 4 nitrogen and oxygen atoms in total. The Morgan fingerprint density at radius 2 is 2.17 bits per heavy atom. The van der Waals surface area contributed by atoms with Gasteiger partial charge in [-0.3, -0.25) is 0 Å². The van der Waals surface area contributed by atoms with E-state index < -0.39 is 0 Å². The van der Waals surface area contributed by atoms with Crippen molar-refractivity contribution in [3.8, 4) is 5.19 Å². The molecule has 0 bridgehead atoms. The van der Waals surface area contributed by atoms with Crippen LogP contribution in [0.15, 0.2) is 0 Å². The molecule has 1 aromatic heterocycles. The Hall–Kier alpha value is -0.680. The van der Waals surface area contributed by atoms with E-state index in [0.717, 1.165) is 12.3 Å². The Balaban J connectivity index is 2.03. The van der Waals surface area contributed by atoms with Gasteiger partial charge < -0.3 is 9.84 Å². The van der Waals surface area contributed by atoms with Crippen molar-refractivity contribution in [2.24, 2.45) is 17.8 Å². The average molecular weight is 270 g/mol. The Morgan fingerprint density at radius 1 is 1.39 bits per heavy atom. The second-order valence-electron chi connectivity index (χ2n) is 5.60. The molecule has 0 aromatic carbocycles. The maximum Gasteiger partial charge on any atom is 0.294 e. The average Bonchev–Trinajstić information content (AvgIpc) is 2.76. The van der Waals surface area contributed by atoms with E-state index in [1.807, 2.05) is 0 Å². The van der Waals surface area contributed by atoms with Crippen LogP contribution in [0.4, 0.5) is 0 Å². The first-order valence-corrected chi connectivity index (χ1v) is 7.51. The second kappa shape index (κ2) is 5.97. The Kier molecular flexibility index (Phi) is 4.56. The molecule has 18 heavy (non-hydrogen) atoms. The van der Waals surface area contributed by atoms with Gasteiger partial charge in [-0.25, -0.2) is 0 Å². The molecule has 0 radical (unpaired) electrons. The summed E-state index contributed by atoms with van der Waals surface area (Å²) in [5, 5.41) is 18.1.